The van der Waals surface area contributed by atoms with Crippen molar-refractivity contribution in [1.82, 2.24) is 0 Å². The Bertz CT molecular complexity index is 321. The van der Waals surface area contributed by atoms with Crippen LogP contribution in [0.25, 0.3) is 0 Å². The van der Waals surface area contributed by atoms with Gasteiger partial charge in [-0.3, -0.25) is 4.79 Å². The highest BCUT2D eigenvalue weighted by Gasteiger charge is 2.44. The fourth-order valence-electron chi connectivity index (χ4n) is 1.16. The molecule has 0 saturated carbocycles. The minimum atomic E-state index is -4.63. The van der Waals surface area contributed by atoms with Gasteiger partial charge in [0, 0.05) is 0 Å². The van der Waals surface area contributed by atoms with E-state index < -0.39 is 18.0 Å². The molecule has 0 aliphatic rings. The van der Waals surface area contributed by atoms with Crippen LogP contribution in [0, 0.1) is 0 Å². The first-order valence-electron chi connectivity index (χ1n) is 3.84. The summed E-state index contributed by atoms with van der Waals surface area (Å²) in [5.41, 5.74) is 4.56. The number of primary amides is 1. The number of carbonyl (C=O) groups excluding carboxylic acids is 1. The van der Waals surface area contributed by atoms with Gasteiger partial charge in [-0.2, -0.15) is 13.2 Å². The highest BCUT2D eigenvalue weighted by Crippen LogP contribution is 2.34. The highest BCUT2D eigenvalue weighted by atomic mass is 19.4. The lowest BCUT2D eigenvalue weighted by molar-refractivity contribution is -0.162. The minimum absolute atomic E-state index is 0.132. The Labute approximate surface area is 78.5 Å². The number of nitrogens with two attached hydrogens (primary N) is 1. The first-order valence-corrected chi connectivity index (χ1v) is 3.84. The molecule has 0 fully saturated rings. The van der Waals surface area contributed by atoms with E-state index in [9.17, 15) is 18.0 Å². The van der Waals surface area contributed by atoms with Crippen LogP contribution in [0.4, 0.5) is 13.2 Å². The van der Waals surface area contributed by atoms with Gasteiger partial charge in [0.2, 0.25) is 5.91 Å². The summed E-state index contributed by atoms with van der Waals surface area (Å²) in [7, 11) is 0. The summed E-state index contributed by atoms with van der Waals surface area (Å²) < 4.78 is 37.1. The first-order chi connectivity index (χ1) is 6.43. The van der Waals surface area contributed by atoms with E-state index in [-0.39, 0.29) is 5.56 Å². The van der Waals surface area contributed by atoms with Crippen LogP contribution in [-0.4, -0.2) is 12.1 Å². The average Bonchev–Trinajstić information content (AvgIpc) is 2.02. The Morgan fingerprint density at radius 1 is 1.21 bits per heavy atom. The summed E-state index contributed by atoms with van der Waals surface area (Å²) in [6, 6.07) is 6.87. The Morgan fingerprint density at radius 3 is 2.07 bits per heavy atom. The zero-order chi connectivity index (χ0) is 10.8. The second kappa shape index (κ2) is 3.69. The summed E-state index contributed by atoms with van der Waals surface area (Å²) in [4.78, 5) is 10.6. The molecule has 0 saturated heterocycles. The number of hydrogen-bond acceptors (Lipinski definition) is 1. The Morgan fingerprint density at radius 2 is 1.71 bits per heavy atom. The van der Waals surface area contributed by atoms with Crippen LogP contribution in [0.15, 0.2) is 30.3 Å². The lowest BCUT2D eigenvalue weighted by Crippen LogP contribution is -2.33. The number of benzene rings is 1. The van der Waals surface area contributed by atoms with Crippen LogP contribution in [0.3, 0.4) is 0 Å². The van der Waals surface area contributed by atoms with Crippen molar-refractivity contribution in [3.8, 4) is 0 Å². The third-order valence-electron chi connectivity index (χ3n) is 1.74. The zero-order valence-electron chi connectivity index (χ0n) is 7.08. The molecule has 0 bridgehead atoms. The van der Waals surface area contributed by atoms with E-state index >= 15 is 0 Å². The fourth-order valence-corrected chi connectivity index (χ4v) is 1.16. The highest BCUT2D eigenvalue weighted by molar-refractivity contribution is 5.82. The first kappa shape index (κ1) is 10.6. The molecule has 14 heavy (non-hydrogen) atoms. The summed E-state index contributed by atoms with van der Waals surface area (Å²) in [5.74, 6) is -3.60. The Kier molecular flexibility index (Phi) is 2.78. The van der Waals surface area contributed by atoms with Gasteiger partial charge in [0.05, 0.1) is 0 Å². The van der Waals surface area contributed by atoms with E-state index in [2.05, 4.69) is 0 Å². The molecule has 76 valence electrons. The lowest BCUT2D eigenvalue weighted by Gasteiger charge is -2.16. The van der Waals surface area contributed by atoms with Crippen LogP contribution < -0.4 is 5.73 Å². The Hall–Kier alpha value is -1.52. The van der Waals surface area contributed by atoms with Gasteiger partial charge in [-0.1, -0.05) is 30.3 Å². The summed E-state index contributed by atoms with van der Waals surface area (Å²) in [6.45, 7) is 0. The number of alkyl halides is 3. The van der Waals surface area contributed by atoms with Crippen LogP contribution in [0.1, 0.15) is 11.5 Å². The lowest BCUT2D eigenvalue weighted by atomic mass is 9.98. The largest absolute Gasteiger partial charge is 0.404 e. The summed E-state index contributed by atoms with van der Waals surface area (Å²) >= 11 is 0. The molecule has 0 aromatic heterocycles. The number of hydrogen-bond donors (Lipinski definition) is 1. The maximum Gasteiger partial charge on any atom is 0.404 e. The van der Waals surface area contributed by atoms with Gasteiger partial charge in [0.25, 0.3) is 0 Å². The standard InChI is InChI=1S/C9H8F3NO/c10-9(11,12)7(8(13)14)6-4-2-1-3-5-6/h1-5,7H,(H2,13,14). The number of halogens is 3. The van der Waals surface area contributed by atoms with Crippen LogP contribution in [0.2, 0.25) is 0 Å². The molecule has 2 nitrogen and oxygen atoms in total. The van der Waals surface area contributed by atoms with E-state index in [0.29, 0.717) is 0 Å². The quantitative estimate of drug-likeness (QED) is 0.782. The molecular formula is C9H8F3NO. The zero-order valence-corrected chi connectivity index (χ0v) is 7.08. The van der Waals surface area contributed by atoms with Crippen LogP contribution in [0.5, 0.6) is 0 Å². The molecule has 1 aromatic rings. The molecule has 1 amide bonds. The normalized spacial score (nSPS) is 13.6. The van der Waals surface area contributed by atoms with Gasteiger partial charge >= 0.3 is 6.18 Å². The fraction of sp³-hybridized carbons (Fsp3) is 0.222. The van der Waals surface area contributed by atoms with Crippen molar-refractivity contribution in [2.24, 2.45) is 5.73 Å². The molecule has 0 spiro atoms. The second-order valence-electron chi connectivity index (χ2n) is 2.79. The van der Waals surface area contributed by atoms with Gasteiger partial charge in [-0.05, 0) is 5.56 Å². The molecule has 2 N–H and O–H groups in total. The topological polar surface area (TPSA) is 43.1 Å². The summed E-state index contributed by atoms with van der Waals surface area (Å²) in [5, 5.41) is 0. The van der Waals surface area contributed by atoms with Crippen molar-refractivity contribution in [3.05, 3.63) is 35.9 Å². The molecule has 0 aliphatic carbocycles. The van der Waals surface area contributed by atoms with Crippen molar-refractivity contribution in [2.45, 2.75) is 12.1 Å². The molecule has 1 atom stereocenters. The molecule has 1 aromatic carbocycles. The van der Waals surface area contributed by atoms with E-state index in [4.69, 9.17) is 5.73 Å². The molecule has 0 aliphatic heterocycles. The van der Waals surface area contributed by atoms with Gasteiger partial charge in [0.15, 0.2) is 5.92 Å². The van der Waals surface area contributed by atoms with Gasteiger partial charge in [0.1, 0.15) is 0 Å². The number of rotatable bonds is 2. The molecular weight excluding hydrogens is 195 g/mol. The van der Waals surface area contributed by atoms with Gasteiger partial charge in [-0.15, -0.1) is 0 Å². The van der Waals surface area contributed by atoms with E-state index in [1.807, 2.05) is 0 Å². The summed E-state index contributed by atoms with van der Waals surface area (Å²) in [6.07, 6.45) is -4.63. The van der Waals surface area contributed by atoms with Gasteiger partial charge in [-0.25, -0.2) is 0 Å². The number of amides is 1. The molecule has 1 unspecified atom stereocenters. The molecule has 1 rings (SSSR count). The van der Waals surface area contributed by atoms with Crippen molar-refractivity contribution < 1.29 is 18.0 Å². The third kappa shape index (κ3) is 2.25. The van der Waals surface area contributed by atoms with E-state index in [1.165, 1.54) is 24.3 Å². The third-order valence-corrected chi connectivity index (χ3v) is 1.74. The van der Waals surface area contributed by atoms with Gasteiger partial charge < -0.3 is 5.73 Å². The molecule has 0 heterocycles. The van der Waals surface area contributed by atoms with Crippen molar-refractivity contribution in [2.75, 3.05) is 0 Å². The minimum Gasteiger partial charge on any atom is -0.369 e. The van der Waals surface area contributed by atoms with Crippen molar-refractivity contribution in [1.29, 1.82) is 0 Å². The monoisotopic (exact) mass is 203 g/mol. The van der Waals surface area contributed by atoms with Crippen molar-refractivity contribution in [3.63, 3.8) is 0 Å². The van der Waals surface area contributed by atoms with Crippen molar-refractivity contribution >= 4 is 5.91 Å². The number of carbonyl (C=O) groups is 1. The average molecular weight is 203 g/mol. The Balaban J connectivity index is 3.08. The SMILES string of the molecule is NC(=O)C(c1ccccc1)C(F)(F)F. The second-order valence-corrected chi connectivity index (χ2v) is 2.79. The van der Waals surface area contributed by atoms with Crippen LogP contribution >= 0.6 is 0 Å². The molecule has 0 radical (unpaired) electrons. The molecule has 5 heteroatoms. The maximum atomic E-state index is 12.4. The smallest absolute Gasteiger partial charge is 0.369 e. The van der Waals surface area contributed by atoms with E-state index in [0.717, 1.165) is 0 Å². The predicted molar refractivity (Wildman–Crippen MR) is 44.4 cm³/mol. The van der Waals surface area contributed by atoms with Crippen LogP contribution in [-0.2, 0) is 4.79 Å². The maximum absolute atomic E-state index is 12.4. The predicted octanol–water partition coefficient (Wildman–Crippen LogP) is 1.82. The van der Waals surface area contributed by atoms with E-state index in [1.54, 1.807) is 6.07 Å².